The van der Waals surface area contributed by atoms with Gasteiger partial charge in [-0.3, -0.25) is 9.52 Å². The average Bonchev–Trinajstić information content (AvgIpc) is 3.22. The quantitative estimate of drug-likeness (QED) is 0.435. The highest BCUT2D eigenvalue weighted by atomic mass is 32.2. The van der Waals surface area contributed by atoms with Crippen molar-refractivity contribution in [2.45, 2.75) is 32.2 Å². The molecule has 2 heterocycles. The molecule has 2 aromatic carbocycles. The van der Waals surface area contributed by atoms with E-state index in [1.54, 1.807) is 50.4 Å². The van der Waals surface area contributed by atoms with Crippen LogP contribution in [0.25, 0.3) is 22.0 Å². The van der Waals surface area contributed by atoms with Crippen LogP contribution in [0.1, 0.15) is 18.1 Å². The molecule has 1 N–H and O–H groups in total. The van der Waals surface area contributed by atoms with Crippen LogP contribution in [0.3, 0.4) is 0 Å². The van der Waals surface area contributed by atoms with Crippen LogP contribution in [0.2, 0.25) is 0 Å². The summed E-state index contributed by atoms with van der Waals surface area (Å²) in [6.45, 7) is 5.77. The molecule has 0 amide bonds. The van der Waals surface area contributed by atoms with E-state index in [1.807, 2.05) is 13.0 Å². The van der Waals surface area contributed by atoms with Crippen LogP contribution >= 0.6 is 0 Å². The van der Waals surface area contributed by atoms with Crippen LogP contribution in [-0.2, 0) is 26.6 Å². The lowest BCUT2D eigenvalue weighted by Gasteiger charge is -2.14. The minimum absolute atomic E-state index is 0.0399. The van der Waals surface area contributed by atoms with Crippen LogP contribution < -0.4 is 10.3 Å². The lowest BCUT2D eigenvalue weighted by Crippen LogP contribution is -2.24. The Balaban J connectivity index is 1.99. The van der Waals surface area contributed by atoms with Crippen LogP contribution in [-0.4, -0.2) is 31.6 Å². The van der Waals surface area contributed by atoms with E-state index in [0.29, 0.717) is 28.7 Å². The van der Waals surface area contributed by atoms with Gasteiger partial charge in [0.15, 0.2) is 0 Å². The predicted molar refractivity (Wildman–Crippen MR) is 134 cm³/mol. The van der Waals surface area contributed by atoms with Gasteiger partial charge in [-0.1, -0.05) is 29.8 Å². The van der Waals surface area contributed by atoms with E-state index in [9.17, 15) is 21.6 Å². The third kappa shape index (κ3) is 4.26. The summed E-state index contributed by atoms with van der Waals surface area (Å²) in [7, 11) is -7.51. The molecule has 0 saturated carbocycles. The molecule has 0 saturated heterocycles. The van der Waals surface area contributed by atoms with Gasteiger partial charge in [-0.05, 0) is 56.2 Å². The molecule has 178 valence electrons. The highest BCUT2D eigenvalue weighted by molar-refractivity contribution is 7.92. The van der Waals surface area contributed by atoms with Crippen molar-refractivity contribution in [2.75, 3.05) is 11.0 Å². The first-order chi connectivity index (χ1) is 15.9. The van der Waals surface area contributed by atoms with E-state index < -0.39 is 25.6 Å². The largest absolute Gasteiger partial charge is 0.313 e. The van der Waals surface area contributed by atoms with Gasteiger partial charge in [0.2, 0.25) is 10.0 Å². The zero-order chi connectivity index (χ0) is 24.8. The lowest BCUT2D eigenvalue weighted by molar-refractivity contribution is 0.588. The second-order valence-corrected chi connectivity index (χ2v) is 11.8. The van der Waals surface area contributed by atoms with Crippen molar-refractivity contribution in [2.24, 2.45) is 0 Å². The highest BCUT2D eigenvalue weighted by Crippen LogP contribution is 2.32. The number of nitrogens with one attached hydrogen (secondary N) is 1. The number of nitrogens with zero attached hydrogens (tertiary/aromatic N) is 2. The summed E-state index contributed by atoms with van der Waals surface area (Å²) < 4.78 is 55.4. The smallest absolute Gasteiger partial charge is 0.276 e. The van der Waals surface area contributed by atoms with Crippen LogP contribution in [0, 0.1) is 13.8 Å². The van der Waals surface area contributed by atoms with Gasteiger partial charge in [0.1, 0.15) is 5.52 Å². The fourth-order valence-electron chi connectivity index (χ4n) is 3.85. The Kier molecular flexibility index (Phi) is 5.91. The fraction of sp³-hybridized carbons (Fsp3) is 0.208. The number of sulfonamides is 1. The highest BCUT2D eigenvalue weighted by Gasteiger charge is 2.23. The predicted octanol–water partition coefficient (Wildman–Crippen LogP) is 3.72. The first kappa shape index (κ1) is 23.8. The van der Waals surface area contributed by atoms with Gasteiger partial charge < -0.3 is 4.57 Å². The van der Waals surface area contributed by atoms with Crippen molar-refractivity contribution in [3.8, 4) is 11.1 Å². The number of hydrogen-bond acceptors (Lipinski definition) is 5. The molecule has 0 radical (unpaired) electrons. The number of pyridine rings is 1. The molecular formula is C24H25N3O5S2. The minimum atomic E-state index is -4.01. The van der Waals surface area contributed by atoms with E-state index in [1.165, 1.54) is 22.9 Å². The molecule has 4 rings (SSSR count). The third-order valence-electron chi connectivity index (χ3n) is 5.65. The van der Waals surface area contributed by atoms with E-state index in [4.69, 9.17) is 0 Å². The molecule has 0 unspecified atom stereocenters. The van der Waals surface area contributed by atoms with E-state index in [0.717, 1.165) is 21.4 Å². The van der Waals surface area contributed by atoms with Crippen molar-refractivity contribution in [3.05, 3.63) is 82.4 Å². The maximum Gasteiger partial charge on any atom is 0.276 e. The molecule has 2 aromatic heterocycles. The Hall–Kier alpha value is -3.37. The second kappa shape index (κ2) is 8.44. The van der Waals surface area contributed by atoms with Crippen molar-refractivity contribution in [3.63, 3.8) is 0 Å². The minimum Gasteiger partial charge on any atom is -0.313 e. The van der Waals surface area contributed by atoms with E-state index in [-0.39, 0.29) is 10.4 Å². The number of anilines is 1. The summed E-state index contributed by atoms with van der Waals surface area (Å²) in [5, 5.41) is 0.458. The molecule has 10 heteroatoms. The Morgan fingerprint density at radius 2 is 1.62 bits per heavy atom. The first-order valence-corrected chi connectivity index (χ1v) is 13.9. The Morgan fingerprint density at radius 1 is 0.941 bits per heavy atom. The number of rotatable bonds is 6. The summed E-state index contributed by atoms with van der Waals surface area (Å²) >= 11 is 0. The maximum atomic E-state index is 13.4. The standard InChI is InChI=1S/C24H25N3O5S2/c1-5-26-15-21(18-9-8-17(3)22(14-18)25-33(4,29)30)20-12-13-27(23(20)24(26)28)34(31,32)19-10-6-16(2)7-11-19/h6-15,25H,5H2,1-4H3. The zero-order valence-corrected chi connectivity index (χ0v) is 20.9. The molecule has 0 atom stereocenters. The van der Waals surface area contributed by atoms with Gasteiger partial charge in [0.25, 0.3) is 15.6 Å². The number of fused-ring (bicyclic) bond motifs is 1. The molecule has 34 heavy (non-hydrogen) atoms. The number of benzene rings is 2. The van der Waals surface area contributed by atoms with Crippen molar-refractivity contribution < 1.29 is 16.8 Å². The van der Waals surface area contributed by atoms with Crippen LogP contribution in [0.4, 0.5) is 5.69 Å². The summed E-state index contributed by atoms with van der Waals surface area (Å²) in [4.78, 5) is 13.3. The molecule has 0 aliphatic rings. The summed E-state index contributed by atoms with van der Waals surface area (Å²) in [5.74, 6) is 0. The molecule has 4 aromatic rings. The topological polar surface area (TPSA) is 107 Å². The SMILES string of the molecule is CCn1cc(-c2ccc(C)c(NS(C)(=O)=O)c2)c2ccn(S(=O)(=O)c3ccc(C)cc3)c2c1=O. The lowest BCUT2D eigenvalue weighted by atomic mass is 10.0. The zero-order valence-electron chi connectivity index (χ0n) is 19.2. The van der Waals surface area contributed by atoms with E-state index >= 15 is 0 Å². The average molecular weight is 500 g/mol. The van der Waals surface area contributed by atoms with Gasteiger partial charge in [0, 0.05) is 29.9 Å². The maximum absolute atomic E-state index is 13.4. The molecule has 8 nitrogen and oxygen atoms in total. The third-order valence-corrected chi connectivity index (χ3v) is 7.93. The summed E-state index contributed by atoms with van der Waals surface area (Å²) in [6, 6.07) is 13.3. The van der Waals surface area contributed by atoms with Crippen molar-refractivity contribution >= 4 is 36.6 Å². The van der Waals surface area contributed by atoms with E-state index in [2.05, 4.69) is 4.72 Å². The monoisotopic (exact) mass is 499 g/mol. The number of aryl methyl sites for hydroxylation is 3. The molecule has 0 aliphatic heterocycles. The number of aromatic nitrogens is 2. The molecule has 0 bridgehead atoms. The second-order valence-electron chi connectivity index (χ2n) is 8.23. The Labute approximate surface area is 198 Å². The Bertz CT molecular complexity index is 1680. The Morgan fingerprint density at radius 3 is 2.24 bits per heavy atom. The van der Waals surface area contributed by atoms with Gasteiger partial charge in [-0.15, -0.1) is 0 Å². The molecule has 0 aliphatic carbocycles. The normalized spacial score (nSPS) is 12.2. The van der Waals surface area contributed by atoms with Gasteiger partial charge in [-0.2, -0.15) is 0 Å². The fourth-order valence-corrected chi connectivity index (χ4v) is 5.81. The van der Waals surface area contributed by atoms with Crippen molar-refractivity contribution in [1.82, 2.24) is 8.54 Å². The van der Waals surface area contributed by atoms with Gasteiger partial charge in [0.05, 0.1) is 16.8 Å². The first-order valence-electron chi connectivity index (χ1n) is 10.6. The summed E-state index contributed by atoms with van der Waals surface area (Å²) in [5.41, 5.74) is 2.94. The summed E-state index contributed by atoms with van der Waals surface area (Å²) in [6.07, 6.45) is 4.13. The number of hydrogen-bond donors (Lipinski definition) is 1. The van der Waals surface area contributed by atoms with Gasteiger partial charge in [-0.25, -0.2) is 20.8 Å². The molecule has 0 fully saturated rings. The molecule has 0 spiro atoms. The van der Waals surface area contributed by atoms with Gasteiger partial charge >= 0.3 is 0 Å². The van der Waals surface area contributed by atoms with Crippen LogP contribution in [0.5, 0.6) is 0 Å². The van der Waals surface area contributed by atoms with Crippen molar-refractivity contribution in [1.29, 1.82) is 0 Å². The van der Waals surface area contributed by atoms with Crippen LogP contribution in [0.15, 0.2) is 70.6 Å². The molecular weight excluding hydrogens is 474 g/mol.